The highest BCUT2D eigenvalue weighted by atomic mass is 32.2. The molecule has 0 aliphatic carbocycles. The lowest BCUT2D eigenvalue weighted by molar-refractivity contribution is -0.116. The average Bonchev–Trinajstić information content (AvgIpc) is 2.05. The molecule has 0 fully saturated rings. The number of likely N-dealkylation sites (N-methyl/N-ethyl adjacent to an activating group) is 1. The predicted octanol–water partition coefficient (Wildman–Crippen LogP) is 1.27. The summed E-state index contributed by atoms with van der Waals surface area (Å²) in [6.45, 7) is 0. The molecular formula is C7H9NOS. The summed E-state index contributed by atoms with van der Waals surface area (Å²) in [5, 5.41) is 4.51. The molecule has 0 bridgehead atoms. The Hall–Kier alpha value is -0.700. The predicted molar refractivity (Wildman–Crippen MR) is 43.5 cm³/mol. The van der Waals surface area contributed by atoms with Crippen LogP contribution in [0, 0.1) is 0 Å². The maximum Gasteiger partial charge on any atom is 0.257 e. The third kappa shape index (κ3) is 1.64. The largest absolute Gasteiger partial charge is 0.355 e. The van der Waals surface area contributed by atoms with Gasteiger partial charge in [0.1, 0.15) is 0 Å². The first kappa shape index (κ1) is 7.41. The van der Waals surface area contributed by atoms with Crippen molar-refractivity contribution in [3.8, 4) is 0 Å². The highest BCUT2D eigenvalue weighted by molar-refractivity contribution is 8.06. The van der Waals surface area contributed by atoms with E-state index >= 15 is 0 Å². The fraction of sp³-hybridized carbons (Fsp3) is 0.286. The molecule has 1 N–H and O–H groups in total. The molecule has 0 radical (unpaired) electrons. The maximum atomic E-state index is 10.9. The van der Waals surface area contributed by atoms with Crippen LogP contribution < -0.4 is 5.32 Å². The summed E-state index contributed by atoms with van der Waals surface area (Å²) in [5.41, 5.74) is 0. The Balaban J connectivity index is 2.56. The number of allylic oxidation sites excluding steroid dienone is 2. The second-order valence-corrected chi connectivity index (χ2v) is 2.82. The van der Waals surface area contributed by atoms with Crippen molar-refractivity contribution in [2.75, 3.05) is 7.05 Å². The van der Waals surface area contributed by atoms with Crippen LogP contribution in [0.25, 0.3) is 0 Å². The van der Waals surface area contributed by atoms with Crippen LogP contribution in [0.3, 0.4) is 0 Å². The van der Waals surface area contributed by atoms with E-state index in [0.717, 1.165) is 11.3 Å². The van der Waals surface area contributed by atoms with E-state index in [1.54, 1.807) is 7.05 Å². The molecule has 1 amide bonds. The lowest BCUT2D eigenvalue weighted by Gasteiger charge is -2.04. The number of hydrogen-bond donors (Lipinski definition) is 1. The molecule has 0 unspecified atom stereocenters. The van der Waals surface area contributed by atoms with Crippen molar-refractivity contribution in [2.24, 2.45) is 0 Å². The van der Waals surface area contributed by atoms with Crippen LogP contribution in [0.5, 0.6) is 0 Å². The van der Waals surface area contributed by atoms with E-state index in [4.69, 9.17) is 0 Å². The molecule has 0 spiro atoms. The number of nitrogens with one attached hydrogen (secondary N) is 1. The number of carbonyl (C=O) groups excluding carboxylic acids is 1. The standard InChI is InChI=1S/C7H9NOS/c1-8-7(9)6-4-2-3-5-10-6/h3-5H,2H2,1H3,(H,8,9). The quantitative estimate of drug-likeness (QED) is 0.617. The fourth-order valence-electron chi connectivity index (χ4n) is 0.670. The molecule has 10 heavy (non-hydrogen) atoms. The first-order chi connectivity index (χ1) is 4.84. The summed E-state index contributed by atoms with van der Waals surface area (Å²) in [4.78, 5) is 11.7. The third-order valence-electron chi connectivity index (χ3n) is 1.18. The average molecular weight is 155 g/mol. The molecule has 3 heteroatoms. The normalized spacial score (nSPS) is 16.3. The van der Waals surface area contributed by atoms with Crippen LogP contribution in [-0.4, -0.2) is 13.0 Å². The number of carbonyl (C=O) groups is 1. The van der Waals surface area contributed by atoms with Gasteiger partial charge in [-0.2, -0.15) is 0 Å². The van der Waals surface area contributed by atoms with Crippen LogP contribution >= 0.6 is 11.8 Å². The number of rotatable bonds is 1. The van der Waals surface area contributed by atoms with Gasteiger partial charge in [0.2, 0.25) is 0 Å². The Morgan fingerprint density at radius 1 is 1.80 bits per heavy atom. The monoisotopic (exact) mass is 155 g/mol. The zero-order valence-corrected chi connectivity index (χ0v) is 6.57. The van der Waals surface area contributed by atoms with Crippen molar-refractivity contribution in [1.29, 1.82) is 0 Å². The zero-order chi connectivity index (χ0) is 7.40. The summed E-state index contributed by atoms with van der Waals surface area (Å²) in [7, 11) is 1.64. The molecule has 0 aromatic rings. The van der Waals surface area contributed by atoms with Gasteiger partial charge in [-0.25, -0.2) is 0 Å². The first-order valence-electron chi connectivity index (χ1n) is 3.08. The minimum Gasteiger partial charge on any atom is -0.355 e. The van der Waals surface area contributed by atoms with E-state index in [-0.39, 0.29) is 5.91 Å². The minimum absolute atomic E-state index is 0.00866. The van der Waals surface area contributed by atoms with Crippen LogP contribution in [0.1, 0.15) is 6.42 Å². The lowest BCUT2D eigenvalue weighted by atomic mass is 10.3. The smallest absolute Gasteiger partial charge is 0.257 e. The second kappa shape index (κ2) is 3.46. The van der Waals surface area contributed by atoms with Gasteiger partial charge in [-0.1, -0.05) is 23.9 Å². The molecule has 0 saturated heterocycles. The third-order valence-corrected chi connectivity index (χ3v) is 2.12. The topological polar surface area (TPSA) is 29.1 Å². The molecule has 1 rings (SSSR count). The van der Waals surface area contributed by atoms with Crippen molar-refractivity contribution in [1.82, 2.24) is 5.32 Å². The summed E-state index contributed by atoms with van der Waals surface area (Å²) >= 11 is 1.46. The van der Waals surface area contributed by atoms with Crippen LogP contribution in [0.2, 0.25) is 0 Å². The van der Waals surface area contributed by atoms with E-state index < -0.39 is 0 Å². The van der Waals surface area contributed by atoms with Gasteiger partial charge in [-0.3, -0.25) is 4.79 Å². The molecule has 1 aliphatic rings. The Morgan fingerprint density at radius 2 is 2.60 bits per heavy atom. The van der Waals surface area contributed by atoms with Gasteiger partial charge in [0.25, 0.3) is 5.91 Å². The SMILES string of the molecule is CNC(=O)C1=CCC=CS1. The van der Waals surface area contributed by atoms with Gasteiger partial charge < -0.3 is 5.32 Å². The summed E-state index contributed by atoms with van der Waals surface area (Å²) in [5.74, 6) is 0.00866. The Bertz CT molecular complexity index is 196. The number of hydrogen-bond acceptors (Lipinski definition) is 2. The maximum absolute atomic E-state index is 10.9. The van der Waals surface area contributed by atoms with Gasteiger partial charge in [0, 0.05) is 7.05 Å². The molecule has 54 valence electrons. The van der Waals surface area contributed by atoms with Crippen molar-refractivity contribution in [2.45, 2.75) is 6.42 Å². The van der Waals surface area contributed by atoms with Crippen molar-refractivity contribution in [3.05, 3.63) is 22.5 Å². The zero-order valence-electron chi connectivity index (χ0n) is 5.76. The summed E-state index contributed by atoms with van der Waals surface area (Å²) < 4.78 is 0. The van der Waals surface area contributed by atoms with Crippen LogP contribution in [0.4, 0.5) is 0 Å². The van der Waals surface area contributed by atoms with Gasteiger partial charge in [-0.15, -0.1) is 0 Å². The first-order valence-corrected chi connectivity index (χ1v) is 3.96. The van der Waals surface area contributed by atoms with Crippen molar-refractivity contribution < 1.29 is 4.79 Å². The molecule has 0 aromatic carbocycles. The molecule has 0 saturated carbocycles. The highest BCUT2D eigenvalue weighted by Crippen LogP contribution is 2.21. The number of amides is 1. The molecule has 1 aliphatic heterocycles. The van der Waals surface area contributed by atoms with Gasteiger partial charge in [0.05, 0.1) is 4.91 Å². The second-order valence-electron chi connectivity index (χ2n) is 1.87. The molecule has 1 heterocycles. The minimum atomic E-state index is 0.00866. The van der Waals surface area contributed by atoms with E-state index in [1.807, 2.05) is 17.6 Å². The molecule has 0 aromatic heterocycles. The van der Waals surface area contributed by atoms with E-state index in [1.165, 1.54) is 11.8 Å². The summed E-state index contributed by atoms with van der Waals surface area (Å²) in [6, 6.07) is 0. The Kier molecular flexibility index (Phi) is 2.57. The van der Waals surface area contributed by atoms with Gasteiger partial charge in [0.15, 0.2) is 0 Å². The number of thioether (sulfide) groups is 1. The van der Waals surface area contributed by atoms with Crippen LogP contribution in [0.15, 0.2) is 22.5 Å². The van der Waals surface area contributed by atoms with Crippen LogP contribution in [-0.2, 0) is 4.79 Å². The van der Waals surface area contributed by atoms with E-state index in [0.29, 0.717) is 0 Å². The molecular weight excluding hydrogens is 146 g/mol. The fourth-order valence-corrected chi connectivity index (χ4v) is 1.43. The Labute approximate surface area is 64.4 Å². The van der Waals surface area contributed by atoms with Gasteiger partial charge >= 0.3 is 0 Å². The highest BCUT2D eigenvalue weighted by Gasteiger charge is 2.06. The molecule has 2 nitrogen and oxygen atoms in total. The summed E-state index contributed by atoms with van der Waals surface area (Å²) in [6.07, 6.45) is 4.82. The van der Waals surface area contributed by atoms with Crippen molar-refractivity contribution in [3.63, 3.8) is 0 Å². The Morgan fingerprint density at radius 3 is 3.10 bits per heavy atom. The van der Waals surface area contributed by atoms with Crippen molar-refractivity contribution >= 4 is 17.7 Å². The van der Waals surface area contributed by atoms with Gasteiger partial charge in [-0.05, 0) is 11.8 Å². The van der Waals surface area contributed by atoms with E-state index in [2.05, 4.69) is 5.32 Å². The lowest BCUT2D eigenvalue weighted by Crippen LogP contribution is -2.18. The van der Waals surface area contributed by atoms with E-state index in [9.17, 15) is 4.79 Å². The molecule has 0 atom stereocenters.